The predicted molar refractivity (Wildman–Crippen MR) is 90.1 cm³/mol. The van der Waals surface area contributed by atoms with Crippen LogP contribution < -0.4 is 4.74 Å². The number of carbonyl (C=O) groups excluding carboxylic acids is 1. The number of methoxy groups -OCH3 is 2. The SMILES string of the molecule is COC(=O)c1ccc(C(C)Cc2nc(OC)ccc2Br)c(O)c1. The van der Waals surface area contributed by atoms with Gasteiger partial charge in [-0.15, -0.1) is 0 Å². The Hall–Kier alpha value is -2.08. The van der Waals surface area contributed by atoms with Gasteiger partial charge in [-0.25, -0.2) is 9.78 Å². The number of hydrogen-bond donors (Lipinski definition) is 1. The van der Waals surface area contributed by atoms with E-state index in [1.54, 1.807) is 25.3 Å². The van der Waals surface area contributed by atoms with Crippen molar-refractivity contribution >= 4 is 21.9 Å². The van der Waals surface area contributed by atoms with Gasteiger partial charge in [-0.05, 0) is 52.0 Å². The van der Waals surface area contributed by atoms with Crippen molar-refractivity contribution in [1.82, 2.24) is 4.98 Å². The molecule has 2 aromatic rings. The minimum absolute atomic E-state index is 0.0117. The molecule has 122 valence electrons. The van der Waals surface area contributed by atoms with E-state index in [9.17, 15) is 9.90 Å². The predicted octanol–water partition coefficient (Wildman–Crippen LogP) is 3.69. The van der Waals surface area contributed by atoms with E-state index in [0.29, 0.717) is 17.9 Å². The van der Waals surface area contributed by atoms with Crippen molar-refractivity contribution in [1.29, 1.82) is 0 Å². The second-order valence-electron chi connectivity index (χ2n) is 5.15. The maximum Gasteiger partial charge on any atom is 0.337 e. The molecule has 2 rings (SSSR count). The van der Waals surface area contributed by atoms with Gasteiger partial charge in [0.2, 0.25) is 5.88 Å². The molecule has 0 aliphatic rings. The fourth-order valence-corrected chi connectivity index (χ4v) is 2.71. The molecule has 1 heterocycles. The normalized spacial score (nSPS) is 11.8. The van der Waals surface area contributed by atoms with Gasteiger partial charge in [0, 0.05) is 10.5 Å². The lowest BCUT2D eigenvalue weighted by atomic mass is 9.94. The number of benzene rings is 1. The minimum atomic E-state index is -0.475. The van der Waals surface area contributed by atoms with Gasteiger partial charge in [0.1, 0.15) is 5.75 Å². The summed E-state index contributed by atoms with van der Waals surface area (Å²) in [4.78, 5) is 15.9. The monoisotopic (exact) mass is 379 g/mol. The summed E-state index contributed by atoms with van der Waals surface area (Å²) in [5, 5.41) is 10.2. The van der Waals surface area contributed by atoms with Crippen molar-refractivity contribution in [2.45, 2.75) is 19.3 Å². The summed E-state index contributed by atoms with van der Waals surface area (Å²) < 4.78 is 10.7. The zero-order valence-corrected chi connectivity index (χ0v) is 14.8. The number of phenols is 1. The van der Waals surface area contributed by atoms with Crippen LogP contribution in [0.25, 0.3) is 0 Å². The van der Waals surface area contributed by atoms with Crippen molar-refractivity contribution < 1.29 is 19.4 Å². The molecule has 0 saturated carbocycles. The first-order chi connectivity index (χ1) is 11.0. The van der Waals surface area contributed by atoms with E-state index in [1.807, 2.05) is 13.0 Å². The first kappa shape index (κ1) is 17.3. The van der Waals surface area contributed by atoms with E-state index in [-0.39, 0.29) is 11.7 Å². The molecule has 1 unspecified atom stereocenters. The molecule has 0 aliphatic carbocycles. The average molecular weight is 380 g/mol. The first-order valence-corrected chi connectivity index (χ1v) is 7.86. The number of nitrogens with zero attached hydrogens (tertiary/aromatic N) is 1. The van der Waals surface area contributed by atoms with Crippen LogP contribution in [0.2, 0.25) is 0 Å². The highest BCUT2D eigenvalue weighted by Gasteiger charge is 2.16. The Kier molecular flexibility index (Phi) is 5.60. The van der Waals surface area contributed by atoms with Gasteiger partial charge in [-0.3, -0.25) is 0 Å². The van der Waals surface area contributed by atoms with Crippen molar-refractivity contribution in [3.05, 3.63) is 51.6 Å². The number of hydrogen-bond acceptors (Lipinski definition) is 5. The summed E-state index contributed by atoms with van der Waals surface area (Å²) >= 11 is 3.48. The molecular formula is C17H18BrNO4. The van der Waals surface area contributed by atoms with E-state index < -0.39 is 5.97 Å². The van der Waals surface area contributed by atoms with Crippen LogP contribution in [0.1, 0.15) is 34.5 Å². The highest BCUT2D eigenvalue weighted by atomic mass is 79.9. The minimum Gasteiger partial charge on any atom is -0.508 e. The van der Waals surface area contributed by atoms with Gasteiger partial charge < -0.3 is 14.6 Å². The number of ether oxygens (including phenoxy) is 2. The quantitative estimate of drug-likeness (QED) is 0.802. The van der Waals surface area contributed by atoms with Crippen LogP contribution in [-0.4, -0.2) is 30.3 Å². The Morgan fingerprint density at radius 2 is 2.04 bits per heavy atom. The van der Waals surface area contributed by atoms with Gasteiger partial charge in [-0.1, -0.05) is 13.0 Å². The molecule has 0 aliphatic heterocycles. The molecule has 23 heavy (non-hydrogen) atoms. The summed E-state index contributed by atoms with van der Waals surface area (Å²) in [7, 11) is 2.88. The number of rotatable bonds is 5. The summed E-state index contributed by atoms with van der Waals surface area (Å²) in [6, 6.07) is 8.46. The maximum absolute atomic E-state index is 11.5. The lowest BCUT2D eigenvalue weighted by Crippen LogP contribution is -2.05. The number of pyridine rings is 1. The number of aromatic nitrogens is 1. The Balaban J connectivity index is 2.24. The molecule has 1 aromatic carbocycles. The zero-order chi connectivity index (χ0) is 17.0. The Bertz CT molecular complexity index is 718. The third kappa shape index (κ3) is 4.01. The molecule has 0 saturated heterocycles. The number of esters is 1. The topological polar surface area (TPSA) is 68.7 Å². The summed E-state index contributed by atoms with van der Waals surface area (Å²) in [5.41, 5.74) is 1.91. The van der Waals surface area contributed by atoms with Gasteiger partial charge in [0.15, 0.2) is 0 Å². The van der Waals surface area contributed by atoms with Crippen molar-refractivity contribution in [3.63, 3.8) is 0 Å². The number of aromatic hydroxyl groups is 1. The lowest BCUT2D eigenvalue weighted by Gasteiger charge is -2.15. The third-order valence-corrected chi connectivity index (χ3v) is 4.31. The van der Waals surface area contributed by atoms with Crippen LogP contribution in [0, 0.1) is 0 Å². The molecule has 0 radical (unpaired) electrons. The van der Waals surface area contributed by atoms with Crippen LogP contribution in [0.5, 0.6) is 11.6 Å². The van der Waals surface area contributed by atoms with E-state index in [2.05, 4.69) is 25.7 Å². The molecule has 6 heteroatoms. The zero-order valence-electron chi connectivity index (χ0n) is 13.2. The van der Waals surface area contributed by atoms with E-state index >= 15 is 0 Å². The molecule has 0 spiro atoms. The highest BCUT2D eigenvalue weighted by Crippen LogP contribution is 2.31. The highest BCUT2D eigenvalue weighted by molar-refractivity contribution is 9.10. The van der Waals surface area contributed by atoms with Crippen LogP contribution in [-0.2, 0) is 11.2 Å². The number of phenolic OH excluding ortho intramolecular Hbond substituents is 1. The first-order valence-electron chi connectivity index (χ1n) is 7.07. The second kappa shape index (κ2) is 7.46. The van der Waals surface area contributed by atoms with Crippen molar-refractivity contribution in [2.24, 2.45) is 0 Å². The summed E-state index contributed by atoms with van der Waals surface area (Å²) in [6.45, 7) is 1.99. The van der Waals surface area contributed by atoms with E-state index in [0.717, 1.165) is 15.7 Å². The molecule has 1 aromatic heterocycles. The fourth-order valence-electron chi connectivity index (χ4n) is 2.33. The van der Waals surface area contributed by atoms with Gasteiger partial charge in [-0.2, -0.15) is 0 Å². The maximum atomic E-state index is 11.5. The number of halogens is 1. The summed E-state index contributed by atoms with van der Waals surface area (Å²) in [5.74, 6) is 0.148. The Labute approximate surface area is 143 Å². The molecule has 0 bridgehead atoms. The lowest BCUT2D eigenvalue weighted by molar-refractivity contribution is 0.0600. The Morgan fingerprint density at radius 3 is 2.65 bits per heavy atom. The van der Waals surface area contributed by atoms with Crippen LogP contribution in [0.3, 0.4) is 0 Å². The van der Waals surface area contributed by atoms with Crippen LogP contribution >= 0.6 is 15.9 Å². The van der Waals surface area contributed by atoms with Crippen molar-refractivity contribution in [3.8, 4) is 11.6 Å². The largest absolute Gasteiger partial charge is 0.508 e. The summed E-state index contributed by atoms with van der Waals surface area (Å²) in [6.07, 6.45) is 0.614. The van der Waals surface area contributed by atoms with Gasteiger partial charge >= 0.3 is 5.97 Å². The van der Waals surface area contributed by atoms with Crippen LogP contribution in [0.15, 0.2) is 34.8 Å². The van der Waals surface area contributed by atoms with E-state index in [1.165, 1.54) is 13.2 Å². The molecule has 1 N–H and O–H groups in total. The average Bonchev–Trinajstić information content (AvgIpc) is 2.55. The second-order valence-corrected chi connectivity index (χ2v) is 6.01. The smallest absolute Gasteiger partial charge is 0.337 e. The van der Waals surface area contributed by atoms with Crippen molar-refractivity contribution in [2.75, 3.05) is 14.2 Å². The van der Waals surface area contributed by atoms with Crippen LogP contribution in [0.4, 0.5) is 0 Å². The molecule has 0 fully saturated rings. The van der Waals surface area contributed by atoms with Gasteiger partial charge in [0.05, 0.1) is 25.5 Å². The molecule has 0 amide bonds. The Morgan fingerprint density at radius 1 is 1.30 bits per heavy atom. The molecule has 5 nitrogen and oxygen atoms in total. The van der Waals surface area contributed by atoms with Gasteiger partial charge in [0.25, 0.3) is 0 Å². The molecular weight excluding hydrogens is 362 g/mol. The standard InChI is InChI=1S/C17H18BrNO4/c1-10(8-14-13(18)6-7-16(19-14)22-2)12-5-4-11(9-15(12)20)17(21)23-3/h4-7,9-10,20H,8H2,1-3H3. The van der Waals surface area contributed by atoms with E-state index in [4.69, 9.17) is 4.74 Å². The fraction of sp³-hybridized carbons (Fsp3) is 0.294. The number of carbonyl (C=O) groups is 1. The molecule has 1 atom stereocenters. The third-order valence-electron chi connectivity index (χ3n) is 3.58.